The summed E-state index contributed by atoms with van der Waals surface area (Å²) in [6.07, 6.45) is 5.00. The number of allylic oxidation sites excluding steroid dienone is 2. The highest BCUT2D eigenvalue weighted by atomic mass is 16.6. The summed E-state index contributed by atoms with van der Waals surface area (Å²) in [4.78, 5) is 39.1. The van der Waals surface area contributed by atoms with Crippen LogP contribution in [0.1, 0.15) is 58.1 Å². The van der Waals surface area contributed by atoms with Gasteiger partial charge < -0.3 is 14.4 Å². The SMILES string of the molecule is CN1C(=O)CC/C=C\C[C@@H](CC(=O)OC(C)(C)C)C(=O)OC[C@H]1c1ccccc1. The van der Waals surface area contributed by atoms with E-state index in [0.717, 1.165) is 5.56 Å². The number of nitrogens with zero attached hydrogens (tertiary/aromatic N) is 1. The molecule has 1 heterocycles. The van der Waals surface area contributed by atoms with E-state index >= 15 is 0 Å². The van der Waals surface area contributed by atoms with Crippen molar-refractivity contribution in [1.82, 2.24) is 4.90 Å². The van der Waals surface area contributed by atoms with Crippen molar-refractivity contribution in [3.8, 4) is 0 Å². The van der Waals surface area contributed by atoms with Gasteiger partial charge in [-0.15, -0.1) is 0 Å². The molecule has 2 rings (SSSR count). The number of carbonyl (C=O) groups is 3. The zero-order valence-corrected chi connectivity index (χ0v) is 17.7. The molecular formula is C23H31NO5. The number of rotatable bonds is 3. The van der Waals surface area contributed by atoms with Crippen molar-refractivity contribution in [3.05, 3.63) is 48.0 Å². The molecule has 6 nitrogen and oxygen atoms in total. The molecule has 0 unspecified atom stereocenters. The summed E-state index contributed by atoms with van der Waals surface area (Å²) in [5, 5.41) is 0. The van der Waals surface area contributed by atoms with Gasteiger partial charge in [-0.05, 0) is 39.2 Å². The summed E-state index contributed by atoms with van der Waals surface area (Å²) < 4.78 is 10.9. The summed E-state index contributed by atoms with van der Waals surface area (Å²) in [6, 6.07) is 9.12. The molecule has 158 valence electrons. The van der Waals surface area contributed by atoms with Crippen molar-refractivity contribution in [2.24, 2.45) is 5.92 Å². The lowest BCUT2D eigenvalue weighted by Crippen LogP contribution is -2.35. The quantitative estimate of drug-likeness (QED) is 0.569. The van der Waals surface area contributed by atoms with Gasteiger partial charge >= 0.3 is 11.9 Å². The summed E-state index contributed by atoms with van der Waals surface area (Å²) >= 11 is 0. The van der Waals surface area contributed by atoms with Crippen LogP contribution in [0.15, 0.2) is 42.5 Å². The maximum atomic E-state index is 12.7. The Balaban J connectivity index is 2.18. The highest BCUT2D eigenvalue weighted by Gasteiger charge is 2.29. The van der Waals surface area contributed by atoms with Gasteiger partial charge in [0.2, 0.25) is 5.91 Å². The van der Waals surface area contributed by atoms with Crippen molar-refractivity contribution in [3.63, 3.8) is 0 Å². The topological polar surface area (TPSA) is 72.9 Å². The number of likely N-dealkylation sites (N-methyl/N-ethyl adjacent to an activating group) is 1. The number of amides is 1. The molecule has 29 heavy (non-hydrogen) atoms. The molecular weight excluding hydrogens is 370 g/mol. The van der Waals surface area contributed by atoms with Crippen LogP contribution in [0.25, 0.3) is 0 Å². The second-order valence-electron chi connectivity index (χ2n) is 8.29. The summed E-state index contributed by atoms with van der Waals surface area (Å²) in [7, 11) is 1.72. The molecule has 0 bridgehead atoms. The van der Waals surface area contributed by atoms with Crippen LogP contribution in [0.4, 0.5) is 0 Å². The predicted octanol–water partition coefficient (Wildman–Crippen LogP) is 3.82. The zero-order valence-electron chi connectivity index (χ0n) is 17.7. The third-order valence-electron chi connectivity index (χ3n) is 4.71. The zero-order chi connectivity index (χ0) is 21.4. The fourth-order valence-electron chi connectivity index (χ4n) is 3.17. The Kier molecular flexibility index (Phi) is 8.00. The second-order valence-corrected chi connectivity index (χ2v) is 8.29. The molecule has 1 aromatic rings. The van der Waals surface area contributed by atoms with Gasteiger partial charge in [-0.1, -0.05) is 42.5 Å². The standard InChI is InChI=1S/C23H31NO5/c1-23(2,3)29-21(26)15-18-13-9-6-10-14-20(25)24(4)19(16-28-22(18)27)17-11-7-5-8-12-17/h5-9,11-12,18-19H,10,13-16H2,1-4H3/b9-6-/t18-,19-/m0/s1. The molecule has 1 amide bonds. The number of hydrogen-bond donors (Lipinski definition) is 0. The maximum Gasteiger partial charge on any atom is 0.309 e. The van der Waals surface area contributed by atoms with E-state index in [0.29, 0.717) is 19.3 Å². The minimum Gasteiger partial charge on any atom is -0.463 e. The van der Waals surface area contributed by atoms with E-state index in [4.69, 9.17) is 9.47 Å². The molecule has 1 aliphatic rings. The van der Waals surface area contributed by atoms with Gasteiger partial charge in [0.15, 0.2) is 0 Å². The molecule has 1 aromatic carbocycles. The van der Waals surface area contributed by atoms with E-state index in [-0.39, 0.29) is 25.0 Å². The molecule has 0 N–H and O–H groups in total. The van der Waals surface area contributed by atoms with Gasteiger partial charge in [-0.25, -0.2) is 0 Å². The van der Waals surface area contributed by atoms with Gasteiger partial charge in [-0.2, -0.15) is 0 Å². The Bertz CT molecular complexity index is 735. The fourth-order valence-corrected chi connectivity index (χ4v) is 3.17. The first-order chi connectivity index (χ1) is 13.7. The third kappa shape index (κ3) is 7.37. The molecule has 0 aliphatic carbocycles. The number of hydrogen-bond acceptors (Lipinski definition) is 5. The van der Waals surface area contributed by atoms with Crippen molar-refractivity contribution >= 4 is 17.8 Å². The predicted molar refractivity (Wildman–Crippen MR) is 110 cm³/mol. The van der Waals surface area contributed by atoms with E-state index in [1.807, 2.05) is 42.5 Å². The highest BCUT2D eigenvalue weighted by molar-refractivity contribution is 5.80. The number of ether oxygens (including phenoxy) is 2. The van der Waals surface area contributed by atoms with Crippen LogP contribution >= 0.6 is 0 Å². The minimum absolute atomic E-state index is 0.00886. The first kappa shape index (κ1) is 22.7. The maximum absolute atomic E-state index is 12.7. The Morgan fingerprint density at radius 2 is 1.86 bits per heavy atom. The lowest BCUT2D eigenvalue weighted by Gasteiger charge is -2.29. The van der Waals surface area contributed by atoms with Crippen molar-refractivity contribution in [2.75, 3.05) is 13.7 Å². The van der Waals surface area contributed by atoms with E-state index in [1.165, 1.54) is 0 Å². The molecule has 0 aromatic heterocycles. The average Bonchev–Trinajstić information content (AvgIpc) is 2.65. The van der Waals surface area contributed by atoms with Crippen LogP contribution in [-0.4, -0.2) is 42.0 Å². The Morgan fingerprint density at radius 3 is 2.52 bits per heavy atom. The van der Waals surface area contributed by atoms with Crippen LogP contribution in [0.2, 0.25) is 0 Å². The highest BCUT2D eigenvalue weighted by Crippen LogP contribution is 2.24. The Hall–Kier alpha value is -2.63. The van der Waals surface area contributed by atoms with Crippen molar-refractivity contribution in [2.45, 2.75) is 58.1 Å². The summed E-state index contributed by atoms with van der Waals surface area (Å²) in [5.41, 5.74) is 0.288. The normalized spacial score (nSPS) is 22.8. The van der Waals surface area contributed by atoms with Gasteiger partial charge in [-0.3, -0.25) is 14.4 Å². The van der Waals surface area contributed by atoms with Gasteiger partial charge in [0, 0.05) is 13.5 Å². The third-order valence-corrected chi connectivity index (χ3v) is 4.71. The minimum atomic E-state index is -0.613. The number of benzene rings is 1. The lowest BCUT2D eigenvalue weighted by atomic mass is 10.00. The molecule has 6 heteroatoms. The molecule has 1 aliphatic heterocycles. The van der Waals surface area contributed by atoms with Gasteiger partial charge in [0.05, 0.1) is 18.4 Å². The molecule has 0 saturated heterocycles. The van der Waals surface area contributed by atoms with Gasteiger partial charge in [0.25, 0.3) is 0 Å². The largest absolute Gasteiger partial charge is 0.463 e. The van der Waals surface area contributed by atoms with Crippen molar-refractivity contribution < 1.29 is 23.9 Å². The first-order valence-electron chi connectivity index (χ1n) is 10.0. The monoisotopic (exact) mass is 401 g/mol. The second kappa shape index (κ2) is 10.2. The van der Waals surface area contributed by atoms with E-state index < -0.39 is 23.5 Å². The summed E-state index contributed by atoms with van der Waals surface area (Å²) in [6.45, 7) is 5.42. The van der Waals surface area contributed by atoms with E-state index in [1.54, 1.807) is 32.7 Å². The van der Waals surface area contributed by atoms with Gasteiger partial charge in [0.1, 0.15) is 12.2 Å². The Morgan fingerprint density at radius 1 is 1.17 bits per heavy atom. The first-order valence-corrected chi connectivity index (χ1v) is 10.0. The molecule has 2 atom stereocenters. The summed E-state index contributed by atoms with van der Waals surface area (Å²) in [5.74, 6) is -1.50. The molecule has 0 spiro atoms. The smallest absolute Gasteiger partial charge is 0.309 e. The van der Waals surface area contributed by atoms with Crippen LogP contribution in [-0.2, 0) is 23.9 Å². The fraction of sp³-hybridized carbons (Fsp3) is 0.522. The lowest BCUT2D eigenvalue weighted by molar-refractivity contribution is -0.162. The van der Waals surface area contributed by atoms with E-state index in [9.17, 15) is 14.4 Å². The molecule has 0 radical (unpaired) electrons. The average molecular weight is 402 g/mol. The van der Waals surface area contributed by atoms with Crippen LogP contribution in [0.5, 0.6) is 0 Å². The number of esters is 2. The van der Waals surface area contributed by atoms with Crippen LogP contribution < -0.4 is 0 Å². The molecule has 0 saturated carbocycles. The van der Waals surface area contributed by atoms with Crippen LogP contribution in [0, 0.1) is 5.92 Å². The molecule has 0 fully saturated rings. The number of carbonyl (C=O) groups excluding carboxylic acids is 3. The Labute approximate surface area is 172 Å². The van der Waals surface area contributed by atoms with Crippen molar-refractivity contribution in [1.29, 1.82) is 0 Å². The van der Waals surface area contributed by atoms with E-state index in [2.05, 4.69) is 0 Å². The number of cyclic esters (lactones) is 1. The van der Waals surface area contributed by atoms with Crippen LogP contribution in [0.3, 0.4) is 0 Å².